The van der Waals surface area contributed by atoms with Gasteiger partial charge in [-0.15, -0.1) is 5.10 Å². The van der Waals surface area contributed by atoms with E-state index in [2.05, 4.69) is 48.6 Å². The molecule has 0 bridgehead atoms. The van der Waals surface area contributed by atoms with Gasteiger partial charge in [-0.3, -0.25) is 14.3 Å². The number of aryl methyl sites for hydroxylation is 1. The number of amides is 2. The number of anilines is 2. The molecule has 2 amide bonds. The Morgan fingerprint density at radius 1 is 1.14 bits per heavy atom. The van der Waals surface area contributed by atoms with Crippen LogP contribution in [0.5, 0.6) is 0 Å². The zero-order valence-electron chi connectivity index (χ0n) is 30.8. The van der Waals surface area contributed by atoms with E-state index in [1.165, 1.54) is 18.1 Å². The molecule has 3 aromatic rings. The molecule has 2 aromatic carbocycles. The summed E-state index contributed by atoms with van der Waals surface area (Å²) in [5, 5.41) is 31.5. The summed E-state index contributed by atoms with van der Waals surface area (Å²) in [5.74, 6) is -1.45. The first kappa shape index (κ1) is 38.3. The zero-order chi connectivity index (χ0) is 37.1. The molecule has 0 aliphatic carbocycles. The van der Waals surface area contributed by atoms with E-state index >= 15 is 0 Å². The van der Waals surface area contributed by atoms with Gasteiger partial charge in [0.1, 0.15) is 6.10 Å². The fourth-order valence-electron chi connectivity index (χ4n) is 7.69. The van der Waals surface area contributed by atoms with Gasteiger partial charge < -0.3 is 30.0 Å². The van der Waals surface area contributed by atoms with Crippen LogP contribution in [-0.4, -0.2) is 75.5 Å². The highest BCUT2D eigenvalue weighted by Crippen LogP contribution is 2.60. The number of aliphatic hydroxyl groups is 2. The van der Waals surface area contributed by atoms with Crippen molar-refractivity contribution in [3.63, 3.8) is 0 Å². The third kappa shape index (κ3) is 8.10. The van der Waals surface area contributed by atoms with Gasteiger partial charge in [-0.25, -0.2) is 0 Å². The van der Waals surface area contributed by atoms with Gasteiger partial charge in [0.25, 0.3) is 11.8 Å². The average Bonchev–Trinajstić information content (AvgIpc) is 3.73. The van der Waals surface area contributed by atoms with E-state index in [1.54, 1.807) is 21.7 Å². The molecule has 5 rings (SSSR count). The molecule has 2 aliphatic rings. The smallest absolute Gasteiger partial charge is 0.264 e. The van der Waals surface area contributed by atoms with E-state index < -0.39 is 32.0 Å². The minimum atomic E-state index is -2.93. The normalized spacial score (nSPS) is 23.0. The molecule has 1 fully saturated rings. The topological polar surface area (TPSA) is 150 Å². The number of carbonyl (C=O) groups is 2. The van der Waals surface area contributed by atoms with Crippen LogP contribution in [0.2, 0.25) is 18.6 Å². The maximum absolute atomic E-state index is 14.8. The molecule has 0 radical (unpaired) electrons. The van der Waals surface area contributed by atoms with Gasteiger partial charge in [0.15, 0.2) is 13.9 Å². The van der Waals surface area contributed by atoms with Gasteiger partial charge in [-0.1, -0.05) is 65.8 Å². The zero-order valence-corrected chi connectivity index (χ0v) is 31.8. The highest BCUT2D eigenvalue weighted by Gasteiger charge is 2.66. The molecule has 11 nitrogen and oxygen atoms in total. The lowest BCUT2D eigenvalue weighted by Gasteiger charge is -2.32. The molecule has 51 heavy (non-hydrogen) atoms. The minimum absolute atomic E-state index is 0.108. The second-order valence-electron chi connectivity index (χ2n) is 14.9. The lowest BCUT2D eigenvalue weighted by atomic mass is 9.82. The van der Waals surface area contributed by atoms with Crippen LogP contribution in [-0.2, 0) is 26.5 Å². The molecular formula is C39H53N5O6Si. The molecule has 12 heteroatoms. The lowest BCUT2D eigenvalue weighted by Crippen LogP contribution is -2.46. The number of aromatic nitrogens is 3. The summed E-state index contributed by atoms with van der Waals surface area (Å²) < 4.78 is 8.72. The third-order valence-corrected chi connectivity index (χ3v) is 12.8. The molecule has 1 aromatic heterocycles. The first-order chi connectivity index (χ1) is 24.2. The Bertz CT molecular complexity index is 1760. The van der Waals surface area contributed by atoms with Gasteiger partial charge in [0.05, 0.1) is 30.0 Å². The Labute approximate surface area is 302 Å². The number of rotatable bonds is 14. The quantitative estimate of drug-likeness (QED) is 0.124. The highest BCUT2D eigenvalue weighted by atomic mass is 28.4. The number of carbonyl (C=O) groups excluding carboxylic acids is 2. The summed E-state index contributed by atoms with van der Waals surface area (Å²) in [6.07, 6.45) is 6.70. The van der Waals surface area contributed by atoms with Crippen molar-refractivity contribution in [1.82, 2.24) is 15.0 Å². The summed E-state index contributed by atoms with van der Waals surface area (Å²) in [6.45, 7) is 14.1. The Morgan fingerprint density at radius 3 is 2.51 bits per heavy atom. The molecule has 2 aliphatic heterocycles. The summed E-state index contributed by atoms with van der Waals surface area (Å²) in [7, 11) is -2.93. The standard InChI is InChI=1S/C39H53N5O6Si/c1-25(2)12-11-13-26(3)18-21-44-34-17-16-30(40-37(47)28(5)46)22-32(34)39(38(44)48)27(4)36(51(6,7)49)35(50-39)19-20-43-23-33(41-42-43)31(24-45)29-14-9-8-10-15-29/h8-10,12,14-18,22-23,27-28,31,35-36,45-46,49H,11,13,19-21,24H2,1-7H3,(H,40,47)/b26-18+/t27-,28+,31?,35+,36-,39+/m1/s1. The average molecular weight is 716 g/mol. The van der Waals surface area contributed by atoms with Gasteiger partial charge in [0.2, 0.25) is 0 Å². The van der Waals surface area contributed by atoms with Crippen LogP contribution >= 0.6 is 0 Å². The molecule has 274 valence electrons. The van der Waals surface area contributed by atoms with Crippen LogP contribution in [0.4, 0.5) is 11.4 Å². The monoisotopic (exact) mass is 715 g/mol. The van der Waals surface area contributed by atoms with E-state index in [0.717, 1.165) is 18.4 Å². The van der Waals surface area contributed by atoms with Gasteiger partial charge in [-0.2, -0.15) is 0 Å². The van der Waals surface area contributed by atoms with Crippen molar-refractivity contribution in [2.24, 2.45) is 5.92 Å². The maximum atomic E-state index is 14.8. The van der Waals surface area contributed by atoms with Crippen LogP contribution in [0.1, 0.15) is 76.6 Å². The van der Waals surface area contributed by atoms with Crippen molar-refractivity contribution in [3.05, 3.63) is 94.8 Å². The Balaban J connectivity index is 1.47. The van der Waals surface area contributed by atoms with E-state index in [1.807, 2.05) is 62.6 Å². The molecule has 1 saturated heterocycles. The first-order valence-electron chi connectivity index (χ1n) is 17.9. The molecule has 1 unspecified atom stereocenters. The number of fused-ring (bicyclic) bond motifs is 2. The highest BCUT2D eigenvalue weighted by molar-refractivity contribution is 6.71. The van der Waals surface area contributed by atoms with Crippen LogP contribution in [0, 0.1) is 5.92 Å². The molecule has 4 N–H and O–H groups in total. The predicted molar refractivity (Wildman–Crippen MR) is 201 cm³/mol. The predicted octanol–water partition coefficient (Wildman–Crippen LogP) is 5.65. The molecular weight excluding hydrogens is 663 g/mol. The Morgan fingerprint density at radius 2 is 1.86 bits per heavy atom. The molecule has 3 heterocycles. The fraction of sp³-hybridized carbons (Fsp3) is 0.487. The molecule has 0 saturated carbocycles. The van der Waals surface area contributed by atoms with E-state index in [4.69, 9.17) is 4.74 Å². The van der Waals surface area contributed by atoms with E-state index in [0.29, 0.717) is 42.1 Å². The van der Waals surface area contributed by atoms with Crippen molar-refractivity contribution in [3.8, 4) is 0 Å². The van der Waals surface area contributed by atoms with Crippen LogP contribution in [0.3, 0.4) is 0 Å². The van der Waals surface area contributed by atoms with Crippen molar-refractivity contribution in [2.75, 3.05) is 23.4 Å². The van der Waals surface area contributed by atoms with Crippen molar-refractivity contribution < 1.29 is 29.3 Å². The Hall–Kier alpha value is -3.94. The van der Waals surface area contributed by atoms with Crippen LogP contribution in [0.25, 0.3) is 0 Å². The summed E-state index contributed by atoms with van der Waals surface area (Å²) >= 11 is 0. The number of hydrogen-bond acceptors (Lipinski definition) is 8. The van der Waals surface area contributed by atoms with E-state index in [-0.39, 0.29) is 29.9 Å². The molecule has 1 spiro atoms. The maximum Gasteiger partial charge on any atom is 0.264 e. The first-order valence-corrected chi connectivity index (χ1v) is 20.9. The van der Waals surface area contributed by atoms with E-state index in [9.17, 15) is 24.6 Å². The van der Waals surface area contributed by atoms with Crippen LogP contribution in [0.15, 0.2) is 78.0 Å². The summed E-state index contributed by atoms with van der Waals surface area (Å²) in [5.41, 5.74) is 4.13. The van der Waals surface area contributed by atoms with Gasteiger partial charge in [0, 0.05) is 42.0 Å². The van der Waals surface area contributed by atoms with Gasteiger partial charge in [-0.05, 0) is 83.8 Å². The largest absolute Gasteiger partial charge is 0.432 e. The summed E-state index contributed by atoms with van der Waals surface area (Å²) in [4.78, 5) is 40.8. The number of nitrogens with zero attached hydrogens (tertiary/aromatic N) is 4. The number of aliphatic hydroxyl groups excluding tert-OH is 2. The van der Waals surface area contributed by atoms with Crippen molar-refractivity contribution in [2.45, 2.75) is 103 Å². The van der Waals surface area contributed by atoms with Crippen LogP contribution < -0.4 is 10.2 Å². The van der Waals surface area contributed by atoms with Crippen molar-refractivity contribution >= 4 is 31.5 Å². The SMILES string of the molecule is CC(C)=CCC/C(C)=C/CN1C(=O)[C@@]2(O[C@@H](CCn3cc(C(CO)c4ccccc4)nn3)[C@H]([Si](C)(C)O)[C@H]2C)c2cc(NC(=O)[C@H](C)O)ccc21. The number of hydrogen-bond donors (Lipinski definition) is 4. The number of nitrogens with one attached hydrogen (secondary N) is 1. The number of benzene rings is 2. The number of allylic oxidation sites excluding steroid dienone is 3. The third-order valence-electron chi connectivity index (χ3n) is 10.3. The second kappa shape index (κ2) is 15.7. The van der Waals surface area contributed by atoms with Gasteiger partial charge >= 0.3 is 0 Å². The number of ether oxygens (including phenoxy) is 1. The fourth-order valence-corrected chi connectivity index (χ4v) is 10.3. The van der Waals surface area contributed by atoms with Crippen molar-refractivity contribution in [1.29, 1.82) is 0 Å². The molecule has 6 atom stereocenters. The summed E-state index contributed by atoms with van der Waals surface area (Å²) in [6, 6.07) is 15.0. The Kier molecular flexibility index (Phi) is 11.8. The lowest BCUT2D eigenvalue weighted by molar-refractivity contribution is -0.145. The second-order valence-corrected chi connectivity index (χ2v) is 18.9. The minimum Gasteiger partial charge on any atom is -0.432 e.